The lowest BCUT2D eigenvalue weighted by atomic mass is 9.60. The Kier molecular flexibility index (Phi) is 8.40. The van der Waals surface area contributed by atoms with Gasteiger partial charge in [-0.3, -0.25) is 4.79 Å². The number of hydrogen-bond acceptors (Lipinski definition) is 3. The van der Waals surface area contributed by atoms with Gasteiger partial charge in [0.15, 0.2) is 0 Å². The second-order valence-corrected chi connectivity index (χ2v) is 10.8. The van der Waals surface area contributed by atoms with E-state index in [0.29, 0.717) is 5.92 Å². The van der Waals surface area contributed by atoms with Crippen LogP contribution in [0.15, 0.2) is 24.3 Å². The molecule has 4 rings (SSSR count). The molecule has 0 amide bonds. The van der Waals surface area contributed by atoms with Crippen molar-refractivity contribution in [2.75, 3.05) is 0 Å². The largest absolute Gasteiger partial charge is 0.426 e. The first-order chi connectivity index (χ1) is 16.5. The minimum Gasteiger partial charge on any atom is -0.426 e. The van der Waals surface area contributed by atoms with Crippen LogP contribution in [0.4, 0.5) is 8.78 Å². The fourth-order valence-corrected chi connectivity index (χ4v) is 6.95. The molecular formula is C29H37F2NO2. The van der Waals surface area contributed by atoms with Crippen LogP contribution in [0.2, 0.25) is 0 Å². The van der Waals surface area contributed by atoms with E-state index >= 15 is 0 Å². The fraction of sp³-hybridized carbons (Fsp3) is 0.655. The van der Waals surface area contributed by atoms with E-state index in [2.05, 4.69) is 19.1 Å². The van der Waals surface area contributed by atoms with Gasteiger partial charge in [-0.15, -0.1) is 0 Å². The summed E-state index contributed by atoms with van der Waals surface area (Å²) in [7, 11) is 0. The molecule has 3 aliphatic carbocycles. The minimum absolute atomic E-state index is 0.166. The number of nitriles is 1. The first-order valence-electron chi connectivity index (χ1n) is 13.2. The van der Waals surface area contributed by atoms with Gasteiger partial charge in [0.25, 0.3) is 0 Å². The topological polar surface area (TPSA) is 50.1 Å². The summed E-state index contributed by atoms with van der Waals surface area (Å²) < 4.78 is 32.9. The molecule has 0 aliphatic heterocycles. The lowest BCUT2D eigenvalue weighted by molar-refractivity contribution is -0.140. The molecular weight excluding hydrogens is 432 g/mol. The molecule has 3 nitrogen and oxygen atoms in total. The lowest BCUT2D eigenvalue weighted by Crippen LogP contribution is -2.35. The molecule has 0 heterocycles. The van der Waals surface area contributed by atoms with Crippen LogP contribution in [-0.2, 0) is 4.79 Å². The van der Waals surface area contributed by atoms with Crippen molar-refractivity contribution >= 4 is 5.97 Å². The van der Waals surface area contributed by atoms with Crippen LogP contribution in [0.1, 0.15) is 89.5 Å². The SMILES string of the molecule is C/C=C/CCC1CCC2CC(C3CCC(C(=O)Oc4cc(F)c(C#N)c(F)c4)CC3)CCC2C1. The van der Waals surface area contributed by atoms with Crippen molar-refractivity contribution in [3.63, 3.8) is 0 Å². The van der Waals surface area contributed by atoms with Gasteiger partial charge in [-0.05, 0) is 107 Å². The van der Waals surface area contributed by atoms with Gasteiger partial charge in [-0.25, -0.2) is 8.78 Å². The molecule has 5 heteroatoms. The zero-order valence-corrected chi connectivity index (χ0v) is 20.3. The molecule has 0 saturated heterocycles. The molecule has 0 radical (unpaired) electrons. The van der Waals surface area contributed by atoms with Crippen molar-refractivity contribution in [3.05, 3.63) is 41.5 Å². The van der Waals surface area contributed by atoms with Crippen molar-refractivity contribution in [1.82, 2.24) is 0 Å². The van der Waals surface area contributed by atoms with Crippen molar-refractivity contribution in [1.29, 1.82) is 5.26 Å². The average molecular weight is 470 g/mol. The van der Waals surface area contributed by atoms with Gasteiger partial charge in [0.05, 0.1) is 5.92 Å². The normalized spacial score (nSPS) is 31.6. The first kappa shape index (κ1) is 24.9. The molecule has 3 aliphatic rings. The van der Waals surface area contributed by atoms with Crippen LogP contribution in [-0.4, -0.2) is 5.97 Å². The van der Waals surface area contributed by atoms with Crippen LogP contribution in [0, 0.1) is 58.5 Å². The maximum absolute atomic E-state index is 13.8. The first-order valence-corrected chi connectivity index (χ1v) is 13.2. The molecule has 1 aromatic rings. The number of carbonyl (C=O) groups is 1. The van der Waals surface area contributed by atoms with E-state index in [-0.39, 0.29) is 11.7 Å². The van der Waals surface area contributed by atoms with Crippen molar-refractivity contribution in [2.24, 2.45) is 35.5 Å². The maximum atomic E-state index is 13.8. The molecule has 34 heavy (non-hydrogen) atoms. The van der Waals surface area contributed by atoms with E-state index in [1.54, 1.807) is 0 Å². The number of benzene rings is 1. The monoisotopic (exact) mass is 469 g/mol. The van der Waals surface area contributed by atoms with Crippen LogP contribution in [0.25, 0.3) is 0 Å². The van der Waals surface area contributed by atoms with Gasteiger partial charge in [0, 0.05) is 12.1 Å². The van der Waals surface area contributed by atoms with E-state index < -0.39 is 23.2 Å². The smallest absolute Gasteiger partial charge is 0.314 e. The highest BCUT2D eigenvalue weighted by molar-refractivity contribution is 5.75. The van der Waals surface area contributed by atoms with E-state index in [1.807, 2.05) is 0 Å². The summed E-state index contributed by atoms with van der Waals surface area (Å²) in [5.41, 5.74) is -0.655. The van der Waals surface area contributed by atoms with E-state index in [1.165, 1.54) is 57.4 Å². The molecule has 1 aromatic carbocycles. The Morgan fingerprint density at radius 2 is 1.56 bits per heavy atom. The van der Waals surface area contributed by atoms with Crippen LogP contribution in [0.3, 0.4) is 0 Å². The highest BCUT2D eigenvalue weighted by Gasteiger charge is 2.39. The highest BCUT2D eigenvalue weighted by atomic mass is 19.1. The number of hydrogen-bond donors (Lipinski definition) is 0. The van der Waals surface area contributed by atoms with Crippen molar-refractivity contribution in [3.8, 4) is 11.8 Å². The Bertz CT molecular complexity index is 906. The molecule has 4 unspecified atom stereocenters. The Hall–Kier alpha value is -2.22. The number of fused-ring (bicyclic) bond motifs is 1. The van der Waals surface area contributed by atoms with Gasteiger partial charge in [-0.2, -0.15) is 5.26 Å². The predicted octanol–water partition coefficient (Wildman–Crippen LogP) is 7.74. The quantitative estimate of drug-likeness (QED) is 0.243. The molecule has 0 N–H and O–H groups in total. The van der Waals surface area contributed by atoms with E-state index in [9.17, 15) is 13.6 Å². The predicted molar refractivity (Wildman–Crippen MR) is 128 cm³/mol. The third-order valence-corrected chi connectivity index (χ3v) is 8.86. The lowest BCUT2D eigenvalue weighted by Gasteiger charge is -2.45. The van der Waals surface area contributed by atoms with Gasteiger partial charge in [0.2, 0.25) is 0 Å². The molecule has 0 aromatic heterocycles. The molecule has 184 valence electrons. The maximum Gasteiger partial charge on any atom is 0.314 e. The summed E-state index contributed by atoms with van der Waals surface area (Å²) in [6, 6.07) is 3.31. The van der Waals surface area contributed by atoms with Gasteiger partial charge in [-0.1, -0.05) is 18.6 Å². The standard InChI is InChI=1S/C29H37F2NO2/c1-2-3-4-5-19-6-7-24-15-23(13-12-22(24)14-19)20-8-10-21(11-9-20)29(33)34-25-16-27(30)26(18-32)28(31)17-25/h2-3,16-17,19-24H,4-15H2,1H3/b3-2+. The summed E-state index contributed by atoms with van der Waals surface area (Å²) in [5, 5.41) is 8.78. The average Bonchev–Trinajstić information content (AvgIpc) is 2.84. The van der Waals surface area contributed by atoms with Crippen LogP contribution in [0.5, 0.6) is 5.75 Å². The minimum atomic E-state index is -1.00. The Balaban J connectivity index is 1.23. The molecule has 0 bridgehead atoms. The second-order valence-electron chi connectivity index (χ2n) is 10.8. The van der Waals surface area contributed by atoms with Crippen molar-refractivity contribution in [2.45, 2.75) is 84.0 Å². The van der Waals surface area contributed by atoms with E-state index in [0.717, 1.165) is 61.5 Å². The van der Waals surface area contributed by atoms with E-state index in [4.69, 9.17) is 10.00 Å². The summed E-state index contributed by atoms with van der Waals surface area (Å²) in [4.78, 5) is 12.6. The number of carbonyl (C=O) groups excluding carboxylic acids is 1. The van der Waals surface area contributed by atoms with Gasteiger partial charge >= 0.3 is 5.97 Å². The van der Waals surface area contributed by atoms with Gasteiger partial charge < -0.3 is 4.74 Å². The summed E-state index contributed by atoms with van der Waals surface area (Å²) in [6.45, 7) is 2.10. The molecule has 4 atom stereocenters. The summed E-state index contributed by atoms with van der Waals surface area (Å²) >= 11 is 0. The number of esters is 1. The Morgan fingerprint density at radius 1 is 0.971 bits per heavy atom. The van der Waals surface area contributed by atoms with Crippen LogP contribution < -0.4 is 4.74 Å². The summed E-state index contributed by atoms with van der Waals surface area (Å²) in [5.74, 6) is 1.37. The third-order valence-electron chi connectivity index (χ3n) is 8.86. The Labute approximate surface area is 202 Å². The number of nitrogens with zero attached hydrogens (tertiary/aromatic N) is 1. The zero-order valence-electron chi connectivity index (χ0n) is 20.3. The number of halogens is 2. The number of ether oxygens (including phenoxy) is 1. The number of rotatable bonds is 6. The molecule has 3 fully saturated rings. The molecule has 0 spiro atoms. The van der Waals surface area contributed by atoms with Crippen molar-refractivity contribution < 1.29 is 18.3 Å². The fourth-order valence-electron chi connectivity index (χ4n) is 6.95. The summed E-state index contributed by atoms with van der Waals surface area (Å²) in [6.07, 6.45) is 18.9. The number of allylic oxidation sites excluding steroid dienone is 2. The second kappa shape index (κ2) is 11.5. The van der Waals surface area contributed by atoms with Crippen LogP contribution >= 0.6 is 0 Å². The highest BCUT2D eigenvalue weighted by Crippen LogP contribution is 2.49. The van der Waals surface area contributed by atoms with Gasteiger partial charge in [0.1, 0.15) is 29.0 Å². The third kappa shape index (κ3) is 5.88. The Morgan fingerprint density at radius 3 is 2.21 bits per heavy atom. The molecule has 3 saturated carbocycles. The zero-order chi connectivity index (χ0) is 24.1.